The first-order valence-electron chi connectivity index (χ1n) is 13.4. The van der Waals surface area contributed by atoms with Gasteiger partial charge in [-0.15, -0.1) is 6.58 Å². The Kier molecular flexibility index (Phi) is 8.98. The van der Waals surface area contributed by atoms with Crippen molar-refractivity contribution in [2.75, 3.05) is 13.6 Å². The lowest BCUT2D eigenvalue weighted by molar-refractivity contribution is -0.155. The lowest BCUT2D eigenvalue weighted by Crippen LogP contribution is -2.58. The first-order chi connectivity index (χ1) is 18.0. The van der Waals surface area contributed by atoms with Gasteiger partial charge in [0.1, 0.15) is 0 Å². The van der Waals surface area contributed by atoms with Gasteiger partial charge >= 0.3 is 0 Å². The van der Waals surface area contributed by atoms with Crippen LogP contribution in [-0.4, -0.2) is 48.4 Å². The van der Waals surface area contributed by atoms with Crippen molar-refractivity contribution in [1.29, 1.82) is 0 Å². The molecular formula is C30H38Cl2N2O3S. The number of sulfonamides is 1. The number of allylic oxidation sites excluding steroid dienone is 1. The van der Waals surface area contributed by atoms with E-state index in [2.05, 4.69) is 12.6 Å². The van der Waals surface area contributed by atoms with Crippen LogP contribution >= 0.6 is 23.2 Å². The minimum atomic E-state index is -3.38. The Morgan fingerprint density at radius 3 is 2.39 bits per heavy atom. The first-order valence-corrected chi connectivity index (χ1v) is 15.7. The van der Waals surface area contributed by atoms with E-state index in [9.17, 15) is 13.2 Å². The van der Waals surface area contributed by atoms with E-state index >= 15 is 0 Å². The van der Waals surface area contributed by atoms with Gasteiger partial charge in [-0.1, -0.05) is 67.4 Å². The van der Waals surface area contributed by atoms with Crippen LogP contribution in [0, 0.1) is 5.41 Å². The third-order valence-corrected chi connectivity index (χ3v) is 11.0. The lowest BCUT2D eigenvalue weighted by Gasteiger charge is -2.52. The van der Waals surface area contributed by atoms with Crippen LogP contribution in [0.3, 0.4) is 0 Å². The summed E-state index contributed by atoms with van der Waals surface area (Å²) >= 11 is 12.7. The van der Waals surface area contributed by atoms with Crippen LogP contribution in [-0.2, 0) is 14.8 Å². The number of benzene rings is 2. The highest BCUT2D eigenvalue weighted by molar-refractivity contribution is 7.90. The Hall–Kier alpha value is -1.86. The highest BCUT2D eigenvalue weighted by Crippen LogP contribution is 2.52. The number of carbonyl (C=O) groups excluding carboxylic acids is 1. The third-order valence-electron chi connectivity index (χ3n) is 8.20. The van der Waals surface area contributed by atoms with Gasteiger partial charge < -0.3 is 4.90 Å². The Balaban J connectivity index is 1.84. The summed E-state index contributed by atoms with van der Waals surface area (Å²) in [5.74, 6) is 0.0171. The summed E-state index contributed by atoms with van der Waals surface area (Å²) in [4.78, 5) is 16.5. The molecule has 0 spiro atoms. The molecule has 1 heterocycles. The van der Waals surface area contributed by atoms with Crippen molar-refractivity contribution >= 4 is 39.1 Å². The van der Waals surface area contributed by atoms with Crippen molar-refractivity contribution in [3.8, 4) is 0 Å². The molecule has 0 bridgehead atoms. The van der Waals surface area contributed by atoms with Gasteiger partial charge in [0.05, 0.1) is 11.3 Å². The van der Waals surface area contributed by atoms with Crippen LogP contribution < -0.4 is 0 Å². The number of piperidine rings is 1. The fourth-order valence-corrected chi connectivity index (χ4v) is 7.81. The summed E-state index contributed by atoms with van der Waals surface area (Å²) in [5, 5.41) is 0.974. The number of hydrogen-bond acceptors (Lipinski definition) is 3. The fourth-order valence-electron chi connectivity index (χ4n) is 5.86. The molecule has 0 aromatic heterocycles. The number of nitrogens with zero attached hydrogens (tertiary/aromatic N) is 2. The van der Waals surface area contributed by atoms with E-state index in [0.717, 1.165) is 17.5 Å². The number of likely N-dealkylation sites (N-methyl/N-ethyl adjacent to an activating group) is 1. The zero-order chi connectivity index (χ0) is 27.7. The molecule has 2 aromatic rings. The molecule has 1 aliphatic heterocycles. The van der Waals surface area contributed by atoms with Crippen molar-refractivity contribution in [3.05, 3.63) is 82.4 Å². The second-order valence-electron chi connectivity index (χ2n) is 11.0. The van der Waals surface area contributed by atoms with Gasteiger partial charge in [0.15, 0.2) is 0 Å². The monoisotopic (exact) mass is 576 g/mol. The van der Waals surface area contributed by atoms with Crippen LogP contribution in [0.4, 0.5) is 0 Å². The summed E-state index contributed by atoms with van der Waals surface area (Å²) in [6, 6.07) is 14.9. The number of likely N-dealkylation sites (tertiary alicyclic amines) is 1. The van der Waals surface area contributed by atoms with Gasteiger partial charge in [0, 0.05) is 41.0 Å². The van der Waals surface area contributed by atoms with E-state index < -0.39 is 15.4 Å². The summed E-state index contributed by atoms with van der Waals surface area (Å²) in [7, 11) is -1.74. The van der Waals surface area contributed by atoms with Gasteiger partial charge in [-0.25, -0.2) is 12.7 Å². The molecule has 1 saturated heterocycles. The molecule has 4 rings (SSSR count). The second kappa shape index (κ2) is 11.7. The van der Waals surface area contributed by atoms with Gasteiger partial charge in [0.25, 0.3) is 0 Å². The highest BCUT2D eigenvalue weighted by Gasteiger charge is 2.51. The first kappa shape index (κ1) is 29.1. The number of hydrogen-bond donors (Lipinski definition) is 0. The van der Waals surface area contributed by atoms with Crippen molar-refractivity contribution < 1.29 is 13.2 Å². The normalized spacial score (nSPS) is 25.0. The van der Waals surface area contributed by atoms with E-state index in [1.165, 1.54) is 4.31 Å². The maximum atomic E-state index is 14.5. The van der Waals surface area contributed by atoms with Crippen LogP contribution in [0.25, 0.3) is 0 Å². The highest BCUT2D eigenvalue weighted by atomic mass is 35.5. The van der Waals surface area contributed by atoms with E-state index in [1.807, 2.05) is 67.3 Å². The summed E-state index contributed by atoms with van der Waals surface area (Å²) < 4.78 is 27.6. The molecule has 4 atom stereocenters. The summed E-state index contributed by atoms with van der Waals surface area (Å²) in [6.07, 6.45) is 5.93. The smallest absolute Gasteiger partial charge is 0.229 e. The maximum absolute atomic E-state index is 14.5. The van der Waals surface area contributed by atoms with Crippen LogP contribution in [0.5, 0.6) is 0 Å². The van der Waals surface area contributed by atoms with Crippen LogP contribution in [0.1, 0.15) is 75.5 Å². The molecule has 2 aliphatic rings. The average molecular weight is 578 g/mol. The lowest BCUT2D eigenvalue weighted by atomic mass is 9.66. The van der Waals surface area contributed by atoms with Gasteiger partial charge in [-0.3, -0.25) is 4.79 Å². The zero-order valence-corrected chi connectivity index (χ0v) is 24.8. The van der Waals surface area contributed by atoms with E-state index in [4.69, 9.17) is 23.2 Å². The summed E-state index contributed by atoms with van der Waals surface area (Å²) in [5.41, 5.74) is 1.41. The molecule has 5 nitrogen and oxygen atoms in total. The van der Waals surface area contributed by atoms with Crippen molar-refractivity contribution in [2.24, 2.45) is 5.41 Å². The third kappa shape index (κ3) is 5.99. The predicted octanol–water partition coefficient (Wildman–Crippen LogP) is 7.23. The van der Waals surface area contributed by atoms with Gasteiger partial charge in [-0.2, -0.15) is 0 Å². The molecule has 0 N–H and O–H groups in total. The topological polar surface area (TPSA) is 57.7 Å². The summed E-state index contributed by atoms with van der Waals surface area (Å²) in [6.45, 7) is 8.21. The molecule has 1 amide bonds. The molecule has 1 aliphatic carbocycles. The van der Waals surface area contributed by atoms with Crippen LogP contribution in [0.15, 0.2) is 61.2 Å². The quantitative estimate of drug-likeness (QED) is 0.265. The van der Waals surface area contributed by atoms with Gasteiger partial charge in [-0.05, 0) is 73.9 Å². The number of rotatable bonds is 11. The molecule has 1 saturated carbocycles. The number of amides is 1. The van der Waals surface area contributed by atoms with Crippen LogP contribution in [0.2, 0.25) is 10.0 Å². The van der Waals surface area contributed by atoms with Crippen molar-refractivity contribution in [2.45, 2.75) is 75.6 Å². The molecule has 2 fully saturated rings. The maximum Gasteiger partial charge on any atom is 0.229 e. The van der Waals surface area contributed by atoms with E-state index in [1.54, 1.807) is 7.05 Å². The van der Waals surface area contributed by atoms with Crippen molar-refractivity contribution in [1.82, 2.24) is 9.21 Å². The standard InChI is InChI=1S/C30H38Cl2N2O3S/c1-5-7-17-30(3)19-27(22-9-8-10-24(32)18-22)28(21-11-13-23(31)14-12-21)34(29(30)35)25(6-2)20-33(4)38(36,37)26-15-16-26/h5,8-14,18,25-28H,1,6-7,15-17,19-20H2,2-4H3/t25?,27-,28?,30?/m1/s1. The van der Waals surface area contributed by atoms with Gasteiger partial charge in [0.2, 0.25) is 15.9 Å². The minimum Gasteiger partial charge on any atom is -0.330 e. The molecule has 3 unspecified atom stereocenters. The largest absolute Gasteiger partial charge is 0.330 e. The molecule has 8 heteroatoms. The molecule has 206 valence electrons. The minimum absolute atomic E-state index is 0.0400. The molecular weight excluding hydrogens is 539 g/mol. The molecule has 2 aromatic carbocycles. The molecule has 0 radical (unpaired) electrons. The predicted molar refractivity (Wildman–Crippen MR) is 156 cm³/mol. The van der Waals surface area contributed by atoms with E-state index in [0.29, 0.717) is 42.1 Å². The Labute approximate surface area is 237 Å². The Bertz CT molecular complexity index is 1260. The number of halogens is 2. The zero-order valence-electron chi connectivity index (χ0n) is 22.4. The Morgan fingerprint density at radius 2 is 1.82 bits per heavy atom. The SMILES string of the molecule is C=CCCC1(C)C[C@H](c2cccc(Cl)c2)C(c2ccc(Cl)cc2)N(C(CC)CN(C)S(=O)(=O)C2CC2)C1=O. The fraction of sp³-hybridized carbons (Fsp3) is 0.500. The average Bonchev–Trinajstić information content (AvgIpc) is 3.75. The van der Waals surface area contributed by atoms with Crippen molar-refractivity contribution in [3.63, 3.8) is 0 Å². The number of carbonyl (C=O) groups is 1. The Morgan fingerprint density at radius 1 is 1.13 bits per heavy atom. The second-order valence-corrected chi connectivity index (χ2v) is 14.2. The molecule has 38 heavy (non-hydrogen) atoms. The van der Waals surface area contributed by atoms with E-state index in [-0.39, 0.29) is 35.7 Å².